The highest BCUT2D eigenvalue weighted by molar-refractivity contribution is 6.30. The molecule has 0 saturated carbocycles. The fourth-order valence-electron chi connectivity index (χ4n) is 2.50. The van der Waals surface area contributed by atoms with Crippen LogP contribution in [0.4, 0.5) is 11.4 Å². The number of aryl methyl sites for hydroxylation is 2. The molecule has 4 nitrogen and oxygen atoms in total. The van der Waals surface area contributed by atoms with Gasteiger partial charge in [0.2, 0.25) is 0 Å². The third-order valence-corrected chi connectivity index (χ3v) is 4.41. The summed E-state index contributed by atoms with van der Waals surface area (Å²) >= 11 is 5.87. The molecule has 0 atom stereocenters. The Morgan fingerprint density at radius 1 is 0.962 bits per heavy atom. The number of anilines is 2. The largest absolute Gasteiger partial charge is 0.354 e. The Bertz CT molecular complexity index is 923. The lowest BCUT2D eigenvalue weighted by atomic mass is 10.1. The summed E-state index contributed by atoms with van der Waals surface area (Å²) in [6.45, 7) is 4.58. The Kier molecular flexibility index (Phi) is 5.54. The van der Waals surface area contributed by atoms with E-state index in [-0.39, 0.29) is 5.91 Å². The van der Waals surface area contributed by atoms with E-state index < -0.39 is 0 Å². The molecule has 0 aliphatic rings. The topological polar surface area (TPSA) is 54.0 Å². The lowest BCUT2D eigenvalue weighted by molar-refractivity contribution is 0.0950. The van der Waals surface area contributed by atoms with Gasteiger partial charge in [0.15, 0.2) is 0 Å². The zero-order chi connectivity index (χ0) is 18.5. The van der Waals surface area contributed by atoms with E-state index in [1.54, 1.807) is 30.6 Å². The molecule has 0 aliphatic carbocycles. The van der Waals surface area contributed by atoms with Crippen molar-refractivity contribution in [3.05, 3.63) is 88.2 Å². The first-order chi connectivity index (χ1) is 12.5. The average Bonchev–Trinajstić information content (AvgIpc) is 2.64. The molecule has 3 aromatic rings. The summed E-state index contributed by atoms with van der Waals surface area (Å²) < 4.78 is 0. The van der Waals surface area contributed by atoms with Crippen molar-refractivity contribution in [3.63, 3.8) is 0 Å². The van der Waals surface area contributed by atoms with Crippen molar-refractivity contribution < 1.29 is 4.79 Å². The second kappa shape index (κ2) is 8.02. The number of hydrogen-bond donors (Lipinski definition) is 2. The Hall–Kier alpha value is -2.85. The minimum absolute atomic E-state index is 0.170. The molecule has 0 radical (unpaired) electrons. The van der Waals surface area contributed by atoms with Crippen LogP contribution in [-0.2, 0) is 6.54 Å². The van der Waals surface area contributed by atoms with E-state index in [4.69, 9.17) is 11.6 Å². The molecule has 1 amide bonds. The number of hydrogen-bond acceptors (Lipinski definition) is 3. The van der Waals surface area contributed by atoms with Gasteiger partial charge in [-0.25, -0.2) is 0 Å². The van der Waals surface area contributed by atoms with Crippen molar-refractivity contribution in [2.45, 2.75) is 20.4 Å². The van der Waals surface area contributed by atoms with Crippen molar-refractivity contribution in [1.29, 1.82) is 0 Å². The van der Waals surface area contributed by atoms with Gasteiger partial charge in [-0.1, -0.05) is 29.8 Å². The molecule has 0 spiro atoms. The molecule has 1 heterocycles. The number of nitrogens with one attached hydrogen (secondary N) is 2. The summed E-state index contributed by atoms with van der Waals surface area (Å²) in [5.41, 5.74) is 5.68. The highest BCUT2D eigenvalue weighted by Gasteiger charge is 2.07. The van der Waals surface area contributed by atoms with Gasteiger partial charge in [0.1, 0.15) is 0 Å². The first-order valence-corrected chi connectivity index (χ1v) is 8.71. The Labute approximate surface area is 158 Å². The predicted octanol–water partition coefficient (Wildman–Crippen LogP) is 5.03. The molecule has 1 aromatic heterocycles. The summed E-state index contributed by atoms with van der Waals surface area (Å²) in [5.74, 6) is -0.170. The van der Waals surface area contributed by atoms with Gasteiger partial charge in [0, 0.05) is 23.5 Å². The van der Waals surface area contributed by atoms with E-state index in [1.165, 1.54) is 11.1 Å². The van der Waals surface area contributed by atoms with Crippen LogP contribution in [0.15, 0.2) is 60.9 Å². The maximum absolute atomic E-state index is 12.4. The molecule has 0 unspecified atom stereocenters. The smallest absolute Gasteiger partial charge is 0.253 e. The fraction of sp³-hybridized carbons (Fsp3) is 0.143. The zero-order valence-electron chi connectivity index (χ0n) is 14.7. The quantitative estimate of drug-likeness (QED) is 0.667. The zero-order valence-corrected chi connectivity index (χ0v) is 15.5. The first-order valence-electron chi connectivity index (χ1n) is 8.33. The summed E-state index contributed by atoms with van der Waals surface area (Å²) in [7, 11) is 0. The molecule has 0 bridgehead atoms. The van der Waals surface area contributed by atoms with E-state index in [2.05, 4.69) is 41.6 Å². The van der Waals surface area contributed by atoms with Gasteiger partial charge in [-0.3, -0.25) is 9.78 Å². The maximum atomic E-state index is 12.4. The van der Waals surface area contributed by atoms with Gasteiger partial charge in [-0.2, -0.15) is 0 Å². The standard InChI is InChI=1S/C21H20ClN3O/c1-14-3-8-19(9-15(14)2)25-20-10-17(12-23-13-20)21(26)24-11-16-4-6-18(22)7-5-16/h3-10,12-13,25H,11H2,1-2H3,(H,24,26). The number of nitrogens with zero attached hydrogens (tertiary/aromatic N) is 1. The van der Waals surface area contributed by atoms with E-state index in [1.807, 2.05) is 18.2 Å². The summed E-state index contributed by atoms with van der Waals surface area (Å²) in [6.07, 6.45) is 3.26. The molecule has 3 rings (SSSR count). The van der Waals surface area contributed by atoms with Gasteiger partial charge in [-0.05, 0) is 60.9 Å². The highest BCUT2D eigenvalue weighted by Crippen LogP contribution is 2.20. The van der Waals surface area contributed by atoms with Crippen molar-refractivity contribution in [2.75, 3.05) is 5.32 Å². The van der Waals surface area contributed by atoms with Gasteiger partial charge in [0.25, 0.3) is 5.91 Å². The molecular formula is C21H20ClN3O. The molecule has 2 N–H and O–H groups in total. The lowest BCUT2D eigenvalue weighted by Crippen LogP contribution is -2.23. The number of rotatable bonds is 5. The second-order valence-electron chi connectivity index (χ2n) is 6.20. The predicted molar refractivity (Wildman–Crippen MR) is 106 cm³/mol. The number of amides is 1. The number of carbonyl (C=O) groups is 1. The molecule has 26 heavy (non-hydrogen) atoms. The van der Waals surface area contributed by atoms with Crippen molar-refractivity contribution in [1.82, 2.24) is 10.3 Å². The van der Waals surface area contributed by atoms with Crippen LogP contribution in [0.1, 0.15) is 27.0 Å². The summed E-state index contributed by atoms with van der Waals surface area (Å²) in [5, 5.41) is 6.86. The van der Waals surface area contributed by atoms with Crippen LogP contribution in [0.2, 0.25) is 5.02 Å². The van der Waals surface area contributed by atoms with Crippen LogP contribution in [0.5, 0.6) is 0 Å². The van der Waals surface area contributed by atoms with Gasteiger partial charge in [-0.15, -0.1) is 0 Å². The van der Waals surface area contributed by atoms with E-state index in [0.717, 1.165) is 16.9 Å². The Morgan fingerprint density at radius 3 is 2.46 bits per heavy atom. The molecule has 132 valence electrons. The third-order valence-electron chi connectivity index (χ3n) is 4.16. The van der Waals surface area contributed by atoms with Crippen LogP contribution < -0.4 is 10.6 Å². The number of halogens is 1. The Morgan fingerprint density at radius 2 is 1.73 bits per heavy atom. The first kappa shape index (κ1) is 18.0. The maximum Gasteiger partial charge on any atom is 0.253 e. The molecule has 0 aliphatic heterocycles. The SMILES string of the molecule is Cc1ccc(Nc2cncc(C(=O)NCc3ccc(Cl)cc3)c2)cc1C. The summed E-state index contributed by atoms with van der Waals surface area (Å²) in [6, 6.07) is 15.3. The number of pyridine rings is 1. The Balaban J connectivity index is 1.66. The van der Waals surface area contributed by atoms with E-state index in [9.17, 15) is 4.79 Å². The highest BCUT2D eigenvalue weighted by atomic mass is 35.5. The number of benzene rings is 2. The molecule has 0 fully saturated rings. The minimum Gasteiger partial charge on any atom is -0.354 e. The molecule has 5 heteroatoms. The van der Waals surface area contributed by atoms with Gasteiger partial charge < -0.3 is 10.6 Å². The van der Waals surface area contributed by atoms with Crippen molar-refractivity contribution in [3.8, 4) is 0 Å². The number of aromatic nitrogens is 1. The molecule has 0 saturated heterocycles. The van der Waals surface area contributed by atoms with Crippen molar-refractivity contribution in [2.24, 2.45) is 0 Å². The third kappa shape index (κ3) is 4.61. The molecule has 2 aromatic carbocycles. The van der Waals surface area contributed by atoms with Gasteiger partial charge in [0.05, 0.1) is 17.4 Å². The normalized spacial score (nSPS) is 10.4. The molecular weight excluding hydrogens is 346 g/mol. The fourth-order valence-corrected chi connectivity index (χ4v) is 2.63. The van der Waals surface area contributed by atoms with Crippen LogP contribution in [-0.4, -0.2) is 10.9 Å². The lowest BCUT2D eigenvalue weighted by Gasteiger charge is -2.10. The van der Waals surface area contributed by atoms with Crippen molar-refractivity contribution >= 4 is 28.9 Å². The summed E-state index contributed by atoms with van der Waals surface area (Å²) in [4.78, 5) is 16.6. The van der Waals surface area contributed by atoms with Gasteiger partial charge >= 0.3 is 0 Å². The average molecular weight is 366 g/mol. The number of carbonyl (C=O) groups excluding carboxylic acids is 1. The monoisotopic (exact) mass is 365 g/mol. The minimum atomic E-state index is -0.170. The van der Waals surface area contributed by atoms with E-state index >= 15 is 0 Å². The van der Waals surface area contributed by atoms with E-state index in [0.29, 0.717) is 17.1 Å². The van der Waals surface area contributed by atoms with Crippen LogP contribution in [0.25, 0.3) is 0 Å². The van der Waals surface area contributed by atoms with Crippen LogP contribution >= 0.6 is 11.6 Å². The second-order valence-corrected chi connectivity index (χ2v) is 6.63. The van der Waals surface area contributed by atoms with Crippen LogP contribution in [0.3, 0.4) is 0 Å². The van der Waals surface area contributed by atoms with Crippen LogP contribution in [0, 0.1) is 13.8 Å².